The molecule has 0 saturated heterocycles. The monoisotopic (exact) mass is 354 g/mol. The summed E-state index contributed by atoms with van der Waals surface area (Å²) in [5.41, 5.74) is 2.92. The minimum Gasteiger partial charge on any atom is -0.349 e. The van der Waals surface area contributed by atoms with Gasteiger partial charge in [0, 0.05) is 17.4 Å². The molecule has 2 saturated carbocycles. The van der Waals surface area contributed by atoms with Gasteiger partial charge in [-0.1, -0.05) is 24.3 Å². The van der Waals surface area contributed by atoms with Gasteiger partial charge in [-0.2, -0.15) is 5.10 Å². The van der Waals surface area contributed by atoms with Crippen molar-refractivity contribution < 1.29 is 4.79 Å². The Kier molecular flexibility index (Phi) is 3.39. The summed E-state index contributed by atoms with van der Waals surface area (Å²) in [6.45, 7) is 0.455. The van der Waals surface area contributed by atoms with Crippen LogP contribution in [0.15, 0.2) is 24.3 Å². The van der Waals surface area contributed by atoms with Gasteiger partial charge in [-0.3, -0.25) is 14.5 Å². The van der Waals surface area contributed by atoms with Gasteiger partial charge in [0.25, 0.3) is 0 Å². The van der Waals surface area contributed by atoms with Crippen molar-refractivity contribution in [2.75, 3.05) is 0 Å². The van der Waals surface area contributed by atoms with Crippen LogP contribution in [-0.2, 0) is 23.2 Å². The van der Waals surface area contributed by atoms with Crippen LogP contribution in [0.1, 0.15) is 55.1 Å². The van der Waals surface area contributed by atoms with Crippen molar-refractivity contribution >= 4 is 18.1 Å². The van der Waals surface area contributed by atoms with E-state index < -0.39 is 0 Å². The van der Waals surface area contributed by atoms with Crippen molar-refractivity contribution in [3.05, 3.63) is 46.0 Å². The molecule has 5 rings (SSSR count). The number of carbonyl (C=O) groups is 1. The Morgan fingerprint density at radius 1 is 1.40 bits per heavy atom. The smallest absolute Gasteiger partial charge is 0.224 e. The van der Waals surface area contributed by atoms with Gasteiger partial charge in [0.15, 0.2) is 10.6 Å². The van der Waals surface area contributed by atoms with Gasteiger partial charge in [0.1, 0.15) is 0 Å². The summed E-state index contributed by atoms with van der Waals surface area (Å²) in [5, 5.41) is 10.3. The number of hydrogen-bond donors (Lipinski definition) is 2. The molecule has 2 aromatic rings. The van der Waals surface area contributed by atoms with Gasteiger partial charge in [-0.05, 0) is 61.9 Å². The molecule has 0 aliphatic heterocycles. The van der Waals surface area contributed by atoms with Gasteiger partial charge >= 0.3 is 0 Å². The van der Waals surface area contributed by atoms with Crippen LogP contribution < -0.4 is 5.32 Å². The van der Waals surface area contributed by atoms with E-state index in [1.54, 1.807) is 0 Å². The molecule has 1 aromatic carbocycles. The van der Waals surface area contributed by atoms with Gasteiger partial charge in [-0.15, -0.1) is 0 Å². The first-order valence-corrected chi connectivity index (χ1v) is 9.62. The summed E-state index contributed by atoms with van der Waals surface area (Å²) >= 11 is 5.31. The van der Waals surface area contributed by atoms with Crippen molar-refractivity contribution in [2.45, 2.75) is 56.5 Å². The highest BCUT2D eigenvalue weighted by Gasteiger charge is 2.59. The van der Waals surface area contributed by atoms with E-state index in [0.717, 1.165) is 37.9 Å². The molecule has 2 N–H and O–H groups in total. The second-order valence-electron chi connectivity index (χ2n) is 7.69. The third kappa shape index (κ3) is 2.46. The Balaban J connectivity index is 1.30. The fourth-order valence-electron chi connectivity index (χ4n) is 4.64. The number of nitrogens with one attached hydrogen (secondary N) is 2. The molecule has 1 amide bonds. The number of carbonyl (C=O) groups excluding carboxylic acids is 1. The molecule has 2 unspecified atom stereocenters. The fraction of sp³-hybridized carbons (Fsp3) is 0.526. The number of H-pyrrole nitrogens is 1. The molecule has 25 heavy (non-hydrogen) atoms. The van der Waals surface area contributed by atoms with Crippen LogP contribution in [0.2, 0.25) is 0 Å². The maximum absolute atomic E-state index is 12.8. The Labute approximate surface area is 151 Å². The molecular formula is C19H22N4OS. The lowest BCUT2D eigenvalue weighted by Gasteiger charge is -2.26. The van der Waals surface area contributed by atoms with E-state index in [9.17, 15) is 4.79 Å². The zero-order chi connectivity index (χ0) is 17.0. The highest BCUT2D eigenvalue weighted by molar-refractivity contribution is 7.71. The van der Waals surface area contributed by atoms with Crippen molar-refractivity contribution in [2.24, 2.45) is 5.92 Å². The number of aromatic nitrogens is 3. The maximum atomic E-state index is 12.8. The Morgan fingerprint density at radius 3 is 3.08 bits per heavy atom. The molecule has 0 bridgehead atoms. The highest BCUT2D eigenvalue weighted by Crippen LogP contribution is 2.60. The number of benzene rings is 1. The van der Waals surface area contributed by atoms with E-state index in [4.69, 9.17) is 12.2 Å². The molecular weight excluding hydrogens is 332 g/mol. The van der Waals surface area contributed by atoms with Crippen LogP contribution >= 0.6 is 12.2 Å². The van der Waals surface area contributed by atoms with Gasteiger partial charge in [0.05, 0.1) is 6.54 Å². The fourth-order valence-corrected chi connectivity index (χ4v) is 4.94. The van der Waals surface area contributed by atoms with E-state index in [0.29, 0.717) is 17.4 Å². The first-order chi connectivity index (χ1) is 12.2. The predicted molar refractivity (Wildman–Crippen MR) is 96.7 cm³/mol. The van der Waals surface area contributed by atoms with Gasteiger partial charge in [-0.25, -0.2) is 0 Å². The van der Waals surface area contributed by atoms with E-state index in [1.807, 2.05) is 0 Å². The summed E-state index contributed by atoms with van der Waals surface area (Å²) < 4.78 is 2.73. The summed E-state index contributed by atoms with van der Waals surface area (Å²) in [4.78, 5) is 12.8. The van der Waals surface area contributed by atoms with Gasteiger partial charge in [0.2, 0.25) is 5.91 Å². The molecule has 1 aromatic heterocycles. The molecule has 6 heteroatoms. The number of rotatable bonds is 4. The molecule has 2 fully saturated rings. The normalized spacial score (nSPS) is 27.1. The summed E-state index contributed by atoms with van der Waals surface area (Å²) in [5.74, 6) is 1.11. The van der Waals surface area contributed by atoms with E-state index in [-0.39, 0.29) is 17.2 Å². The molecule has 3 aliphatic carbocycles. The quantitative estimate of drug-likeness (QED) is 0.829. The van der Waals surface area contributed by atoms with E-state index in [1.165, 1.54) is 17.5 Å². The summed E-state index contributed by atoms with van der Waals surface area (Å²) in [6, 6.07) is 9.12. The molecule has 1 heterocycles. The first kappa shape index (κ1) is 15.3. The van der Waals surface area contributed by atoms with E-state index in [2.05, 4.69) is 44.3 Å². The zero-order valence-corrected chi connectivity index (χ0v) is 14.9. The number of fused-ring (bicyclic) bond motifs is 2. The lowest BCUT2D eigenvalue weighted by atomic mass is 9.78. The van der Waals surface area contributed by atoms with Crippen molar-refractivity contribution in [1.82, 2.24) is 20.1 Å². The first-order valence-electron chi connectivity index (χ1n) is 9.21. The number of nitrogens with zero attached hydrogens (tertiary/aromatic N) is 2. The van der Waals surface area contributed by atoms with Crippen LogP contribution in [0.4, 0.5) is 0 Å². The summed E-state index contributed by atoms with van der Waals surface area (Å²) in [7, 11) is 0. The molecule has 5 nitrogen and oxygen atoms in total. The largest absolute Gasteiger partial charge is 0.349 e. The summed E-state index contributed by atoms with van der Waals surface area (Å²) in [6.07, 6.45) is 6.73. The number of aromatic amines is 1. The Bertz CT molecular complexity index is 897. The average Bonchev–Trinajstić information content (AvgIpc) is 3.54. The van der Waals surface area contributed by atoms with E-state index >= 15 is 0 Å². The highest BCUT2D eigenvalue weighted by atomic mass is 32.1. The Hall–Kier alpha value is -1.95. The standard InChI is InChI=1S/C19H22N4OS/c24-17(20-11-16-21-22-18(25)23(16)13-7-8-13)15-10-19(15)9-3-5-12-4-1-2-6-14(12)19/h1-2,4,6,13,15H,3,5,7-11H2,(H,20,24)(H,22,25). The minimum atomic E-state index is 0.0835. The molecule has 130 valence electrons. The van der Waals surface area contributed by atoms with Crippen LogP contribution in [0.25, 0.3) is 0 Å². The number of amides is 1. The van der Waals surface area contributed by atoms with Gasteiger partial charge < -0.3 is 5.32 Å². The zero-order valence-electron chi connectivity index (χ0n) is 14.1. The van der Waals surface area contributed by atoms with Crippen LogP contribution in [-0.4, -0.2) is 20.7 Å². The third-order valence-electron chi connectivity index (χ3n) is 6.12. The molecule has 2 atom stereocenters. The number of hydrogen-bond acceptors (Lipinski definition) is 3. The van der Waals surface area contributed by atoms with Crippen molar-refractivity contribution in [1.29, 1.82) is 0 Å². The lowest BCUT2D eigenvalue weighted by molar-refractivity contribution is -0.123. The van der Waals surface area contributed by atoms with Crippen molar-refractivity contribution in [3.63, 3.8) is 0 Å². The van der Waals surface area contributed by atoms with Crippen LogP contribution in [0, 0.1) is 10.7 Å². The average molecular weight is 354 g/mol. The molecule has 3 aliphatic rings. The van der Waals surface area contributed by atoms with Crippen LogP contribution in [0.5, 0.6) is 0 Å². The predicted octanol–water partition coefficient (Wildman–Crippen LogP) is 3.19. The van der Waals surface area contributed by atoms with Crippen LogP contribution in [0.3, 0.4) is 0 Å². The topological polar surface area (TPSA) is 62.7 Å². The Morgan fingerprint density at radius 2 is 2.24 bits per heavy atom. The second kappa shape index (κ2) is 5.53. The lowest BCUT2D eigenvalue weighted by Crippen LogP contribution is -2.30. The minimum absolute atomic E-state index is 0.0835. The molecule has 1 spiro atoms. The maximum Gasteiger partial charge on any atom is 0.224 e. The number of aryl methyl sites for hydroxylation is 1. The second-order valence-corrected chi connectivity index (χ2v) is 8.07. The third-order valence-corrected chi connectivity index (χ3v) is 6.41. The SMILES string of the molecule is O=C(NCc1n[nH]c(=S)n1C1CC1)C1CC12CCCc1ccccc12. The molecule has 0 radical (unpaired) electrons. The van der Waals surface area contributed by atoms with Crippen molar-refractivity contribution in [3.8, 4) is 0 Å².